The van der Waals surface area contributed by atoms with E-state index in [1.165, 1.54) is 19.9 Å². The van der Waals surface area contributed by atoms with Crippen molar-refractivity contribution in [1.82, 2.24) is 0 Å². The summed E-state index contributed by atoms with van der Waals surface area (Å²) < 4.78 is 36.1. The smallest absolute Gasteiger partial charge is 0.335 e. The number of carbonyl (C=O) groups excluding carboxylic acids is 2. The van der Waals surface area contributed by atoms with Gasteiger partial charge in [0.15, 0.2) is 12.2 Å². The first-order valence-electron chi connectivity index (χ1n) is 6.54. The molecule has 0 bridgehead atoms. The normalized spacial score (nSPS) is 13.1. The fourth-order valence-electron chi connectivity index (χ4n) is 1.43. The summed E-state index contributed by atoms with van der Waals surface area (Å²) in [5.41, 5.74) is -0.203. The molecule has 7 heteroatoms. The van der Waals surface area contributed by atoms with Gasteiger partial charge in [-0.15, -0.1) is 6.58 Å². The van der Waals surface area contributed by atoms with Crippen molar-refractivity contribution < 1.29 is 27.8 Å². The number of hydrogen-bond acceptors (Lipinski definition) is 4. The van der Waals surface area contributed by atoms with Crippen LogP contribution in [-0.2, 0) is 19.1 Å². The predicted octanol–water partition coefficient (Wildman–Crippen LogP) is 2.43. The second kappa shape index (κ2) is 8.23. The Kier molecular flexibility index (Phi) is 6.65. The molecule has 0 saturated heterocycles. The summed E-state index contributed by atoms with van der Waals surface area (Å²) in [5, 5.41) is 2.21. The molecule has 0 aliphatic rings. The molecule has 0 fully saturated rings. The summed E-state index contributed by atoms with van der Waals surface area (Å²) in [5.74, 6) is -3.16. The van der Waals surface area contributed by atoms with Gasteiger partial charge in [0.25, 0.3) is 5.91 Å². The van der Waals surface area contributed by atoms with Gasteiger partial charge in [-0.3, -0.25) is 4.79 Å². The zero-order valence-electron chi connectivity index (χ0n) is 12.3. The van der Waals surface area contributed by atoms with Crippen LogP contribution in [0.3, 0.4) is 0 Å². The summed E-state index contributed by atoms with van der Waals surface area (Å²) in [6, 6.07) is 2.71. The lowest BCUT2D eigenvalue weighted by Crippen LogP contribution is -2.34. The van der Waals surface area contributed by atoms with Crippen molar-refractivity contribution in [3.63, 3.8) is 0 Å². The lowest BCUT2D eigenvalue weighted by atomic mass is 10.2. The van der Waals surface area contributed by atoms with E-state index in [1.54, 1.807) is 0 Å². The Labute approximate surface area is 126 Å². The van der Waals surface area contributed by atoms with Crippen molar-refractivity contribution in [2.45, 2.75) is 26.1 Å². The molecule has 0 aliphatic heterocycles. The van der Waals surface area contributed by atoms with Crippen LogP contribution < -0.4 is 5.32 Å². The first-order valence-corrected chi connectivity index (χ1v) is 6.54. The van der Waals surface area contributed by atoms with Crippen molar-refractivity contribution >= 4 is 17.6 Å². The molecular weight excluding hydrogens is 296 g/mol. The number of hydrogen-bond donors (Lipinski definition) is 1. The maximum absolute atomic E-state index is 13.4. The summed E-state index contributed by atoms with van der Waals surface area (Å²) in [6.45, 7) is 6.40. The van der Waals surface area contributed by atoms with E-state index in [9.17, 15) is 18.4 Å². The number of nitrogens with one attached hydrogen (secondary N) is 1. The molecule has 5 nitrogen and oxygen atoms in total. The molecule has 1 N–H and O–H groups in total. The monoisotopic (exact) mass is 313 g/mol. The molecule has 1 aromatic rings. The van der Waals surface area contributed by atoms with E-state index < -0.39 is 35.7 Å². The topological polar surface area (TPSA) is 64.6 Å². The third-order valence-corrected chi connectivity index (χ3v) is 2.65. The summed E-state index contributed by atoms with van der Waals surface area (Å²) in [4.78, 5) is 23.5. The van der Waals surface area contributed by atoms with Crippen LogP contribution in [0.5, 0.6) is 0 Å². The number of amides is 1. The number of esters is 1. The van der Waals surface area contributed by atoms with Gasteiger partial charge in [0.2, 0.25) is 0 Å². The molecular formula is C15H17F2NO4. The SMILES string of the molecule is C=CCOC(C)C(=O)OC(C)C(=O)Nc1ccc(F)cc1F. The molecule has 1 rings (SSSR count). The highest BCUT2D eigenvalue weighted by molar-refractivity contribution is 5.95. The van der Waals surface area contributed by atoms with Crippen LogP contribution in [-0.4, -0.2) is 30.7 Å². The van der Waals surface area contributed by atoms with E-state index >= 15 is 0 Å². The van der Waals surface area contributed by atoms with E-state index in [4.69, 9.17) is 9.47 Å². The predicted molar refractivity (Wildman–Crippen MR) is 76.2 cm³/mol. The molecule has 0 radical (unpaired) electrons. The van der Waals surface area contributed by atoms with Crippen LogP contribution in [0.1, 0.15) is 13.8 Å². The van der Waals surface area contributed by atoms with Crippen LogP contribution >= 0.6 is 0 Å². The van der Waals surface area contributed by atoms with Crippen molar-refractivity contribution in [3.05, 3.63) is 42.5 Å². The summed E-state index contributed by atoms with van der Waals surface area (Å²) in [7, 11) is 0. The Morgan fingerprint density at radius 2 is 2.00 bits per heavy atom. The lowest BCUT2D eigenvalue weighted by Gasteiger charge is -2.16. The maximum atomic E-state index is 13.4. The van der Waals surface area contributed by atoms with Crippen LogP contribution in [0.4, 0.5) is 14.5 Å². The Balaban J connectivity index is 2.58. The van der Waals surface area contributed by atoms with Gasteiger partial charge in [-0.2, -0.15) is 0 Å². The van der Waals surface area contributed by atoms with Gasteiger partial charge in [0, 0.05) is 6.07 Å². The van der Waals surface area contributed by atoms with Crippen molar-refractivity contribution in [2.24, 2.45) is 0 Å². The fourth-order valence-corrected chi connectivity index (χ4v) is 1.43. The number of benzene rings is 1. The third-order valence-electron chi connectivity index (χ3n) is 2.65. The number of anilines is 1. The zero-order valence-corrected chi connectivity index (χ0v) is 12.3. The van der Waals surface area contributed by atoms with Crippen LogP contribution in [0.15, 0.2) is 30.9 Å². The second-order valence-electron chi connectivity index (χ2n) is 4.46. The van der Waals surface area contributed by atoms with E-state index in [1.807, 2.05) is 0 Å². The summed E-state index contributed by atoms with van der Waals surface area (Å²) >= 11 is 0. The molecule has 22 heavy (non-hydrogen) atoms. The fraction of sp³-hybridized carbons (Fsp3) is 0.333. The average molecular weight is 313 g/mol. The highest BCUT2D eigenvalue weighted by Crippen LogP contribution is 2.15. The zero-order chi connectivity index (χ0) is 16.7. The Bertz CT molecular complexity index is 562. The van der Waals surface area contributed by atoms with Gasteiger partial charge in [0.1, 0.15) is 11.6 Å². The maximum Gasteiger partial charge on any atom is 0.335 e. The minimum Gasteiger partial charge on any atom is -0.451 e. The van der Waals surface area contributed by atoms with E-state index in [2.05, 4.69) is 11.9 Å². The van der Waals surface area contributed by atoms with Gasteiger partial charge in [0.05, 0.1) is 12.3 Å². The molecule has 120 valence electrons. The Morgan fingerprint density at radius 3 is 2.59 bits per heavy atom. The van der Waals surface area contributed by atoms with Gasteiger partial charge in [-0.05, 0) is 26.0 Å². The van der Waals surface area contributed by atoms with Gasteiger partial charge >= 0.3 is 5.97 Å². The van der Waals surface area contributed by atoms with Crippen molar-refractivity contribution in [3.8, 4) is 0 Å². The molecule has 0 spiro atoms. The highest BCUT2D eigenvalue weighted by atomic mass is 19.1. The molecule has 2 unspecified atom stereocenters. The summed E-state index contributed by atoms with van der Waals surface area (Å²) in [6.07, 6.45) is -0.556. The van der Waals surface area contributed by atoms with Gasteiger partial charge in [-0.1, -0.05) is 6.08 Å². The number of rotatable bonds is 7. The average Bonchev–Trinajstić information content (AvgIpc) is 2.47. The first kappa shape index (κ1) is 17.8. The van der Waals surface area contributed by atoms with Crippen LogP contribution in [0, 0.1) is 11.6 Å². The van der Waals surface area contributed by atoms with E-state index in [0.29, 0.717) is 6.07 Å². The largest absolute Gasteiger partial charge is 0.451 e. The number of carbonyl (C=O) groups is 2. The lowest BCUT2D eigenvalue weighted by molar-refractivity contribution is -0.163. The van der Waals surface area contributed by atoms with Crippen LogP contribution in [0.2, 0.25) is 0 Å². The molecule has 0 aliphatic carbocycles. The van der Waals surface area contributed by atoms with Gasteiger partial charge in [-0.25, -0.2) is 13.6 Å². The minimum atomic E-state index is -1.16. The van der Waals surface area contributed by atoms with Crippen molar-refractivity contribution in [2.75, 3.05) is 11.9 Å². The molecule has 1 aromatic carbocycles. The standard InChI is InChI=1S/C15H17F2NO4/c1-4-7-21-10(3)15(20)22-9(2)14(19)18-13-6-5-11(16)8-12(13)17/h4-6,8-10H,1,7H2,2-3H3,(H,18,19). The number of ether oxygens (including phenoxy) is 2. The Morgan fingerprint density at radius 1 is 1.32 bits per heavy atom. The van der Waals surface area contributed by atoms with Crippen molar-refractivity contribution in [1.29, 1.82) is 0 Å². The molecule has 1 amide bonds. The Hall–Kier alpha value is -2.28. The minimum absolute atomic E-state index is 0.164. The molecule has 0 saturated carbocycles. The van der Waals surface area contributed by atoms with Gasteiger partial charge < -0.3 is 14.8 Å². The molecule has 0 aromatic heterocycles. The van der Waals surface area contributed by atoms with E-state index in [-0.39, 0.29) is 12.3 Å². The van der Waals surface area contributed by atoms with E-state index in [0.717, 1.165) is 12.1 Å². The first-order chi connectivity index (χ1) is 10.3. The molecule has 2 atom stereocenters. The van der Waals surface area contributed by atoms with Crippen LogP contribution in [0.25, 0.3) is 0 Å². The third kappa shape index (κ3) is 5.25. The second-order valence-corrected chi connectivity index (χ2v) is 4.46. The highest BCUT2D eigenvalue weighted by Gasteiger charge is 2.23. The number of halogens is 2. The molecule has 0 heterocycles. The quantitative estimate of drug-likeness (QED) is 0.620.